The third kappa shape index (κ3) is 1.17. The van der Waals surface area contributed by atoms with Crippen molar-refractivity contribution in [2.75, 3.05) is 0 Å². The van der Waals surface area contributed by atoms with Gasteiger partial charge in [0.1, 0.15) is 0 Å². The van der Waals surface area contributed by atoms with Crippen LogP contribution in [0.25, 0.3) is 21.2 Å². The van der Waals surface area contributed by atoms with Crippen LogP contribution in [0.5, 0.6) is 0 Å². The van der Waals surface area contributed by atoms with Gasteiger partial charge in [-0.05, 0) is 33.9 Å². The molecule has 14 heavy (non-hydrogen) atoms. The molecular formula is C11H7NS2. The summed E-state index contributed by atoms with van der Waals surface area (Å²) in [5.41, 5.74) is 2.59. The molecule has 0 N–H and O–H groups in total. The summed E-state index contributed by atoms with van der Waals surface area (Å²) in [6, 6.07) is 8.50. The van der Waals surface area contributed by atoms with E-state index in [0.717, 1.165) is 0 Å². The average molecular weight is 217 g/mol. The van der Waals surface area contributed by atoms with Gasteiger partial charge in [-0.3, -0.25) is 0 Å². The highest BCUT2D eigenvalue weighted by Gasteiger charge is 2.04. The SMILES string of the molecule is c1cc(-c2ccsc2)c2sncc2c1. The maximum absolute atomic E-state index is 4.22. The number of benzene rings is 1. The van der Waals surface area contributed by atoms with Crippen molar-refractivity contribution in [2.45, 2.75) is 0 Å². The topological polar surface area (TPSA) is 12.9 Å². The van der Waals surface area contributed by atoms with Crippen LogP contribution in [-0.2, 0) is 0 Å². The zero-order chi connectivity index (χ0) is 9.38. The molecule has 1 nitrogen and oxygen atoms in total. The molecule has 0 saturated carbocycles. The largest absolute Gasteiger partial charge is 0.200 e. The van der Waals surface area contributed by atoms with Crippen molar-refractivity contribution in [3.63, 3.8) is 0 Å². The number of nitrogens with zero attached hydrogens (tertiary/aromatic N) is 1. The fraction of sp³-hybridized carbons (Fsp3) is 0. The van der Waals surface area contributed by atoms with E-state index in [0.29, 0.717) is 0 Å². The first kappa shape index (κ1) is 8.15. The lowest BCUT2D eigenvalue weighted by Gasteiger charge is -1.97. The van der Waals surface area contributed by atoms with Gasteiger partial charge in [0.05, 0.1) is 4.70 Å². The van der Waals surface area contributed by atoms with E-state index in [9.17, 15) is 0 Å². The van der Waals surface area contributed by atoms with E-state index in [1.165, 1.54) is 21.2 Å². The zero-order valence-corrected chi connectivity index (χ0v) is 8.94. The lowest BCUT2D eigenvalue weighted by molar-refractivity contribution is 1.61. The summed E-state index contributed by atoms with van der Waals surface area (Å²) in [7, 11) is 0. The predicted octanol–water partition coefficient (Wildman–Crippen LogP) is 4.02. The minimum atomic E-state index is 1.23. The molecule has 0 radical (unpaired) electrons. The van der Waals surface area contributed by atoms with Gasteiger partial charge in [-0.1, -0.05) is 18.2 Å². The third-order valence-corrected chi connectivity index (χ3v) is 3.75. The van der Waals surface area contributed by atoms with Crippen LogP contribution in [0.15, 0.2) is 41.2 Å². The maximum Gasteiger partial charge on any atom is 0.0628 e. The van der Waals surface area contributed by atoms with E-state index in [1.807, 2.05) is 6.20 Å². The first-order valence-corrected chi connectivity index (χ1v) is 6.03. The molecule has 0 aliphatic carbocycles. The van der Waals surface area contributed by atoms with Gasteiger partial charge < -0.3 is 0 Å². The van der Waals surface area contributed by atoms with E-state index in [1.54, 1.807) is 22.9 Å². The number of hydrogen-bond donors (Lipinski definition) is 0. The summed E-state index contributed by atoms with van der Waals surface area (Å²) in [5, 5.41) is 5.52. The summed E-state index contributed by atoms with van der Waals surface area (Å²) >= 11 is 3.30. The average Bonchev–Trinajstić information content (AvgIpc) is 2.88. The molecule has 2 heterocycles. The lowest BCUT2D eigenvalue weighted by Crippen LogP contribution is -1.72. The monoisotopic (exact) mass is 217 g/mol. The van der Waals surface area contributed by atoms with Crippen LogP contribution in [0, 0.1) is 0 Å². The number of fused-ring (bicyclic) bond motifs is 1. The molecule has 2 aromatic heterocycles. The first-order valence-electron chi connectivity index (χ1n) is 4.31. The van der Waals surface area contributed by atoms with Crippen LogP contribution in [0.1, 0.15) is 0 Å². The highest BCUT2D eigenvalue weighted by atomic mass is 32.1. The Morgan fingerprint density at radius 2 is 2.14 bits per heavy atom. The molecule has 0 unspecified atom stereocenters. The molecule has 0 aliphatic rings. The van der Waals surface area contributed by atoms with Crippen molar-refractivity contribution in [3.8, 4) is 11.1 Å². The second kappa shape index (κ2) is 3.19. The van der Waals surface area contributed by atoms with E-state index < -0.39 is 0 Å². The Labute approximate surface area is 89.8 Å². The highest BCUT2D eigenvalue weighted by Crippen LogP contribution is 2.31. The third-order valence-electron chi connectivity index (χ3n) is 2.21. The Balaban J connectivity index is 2.36. The summed E-state index contributed by atoms with van der Waals surface area (Å²) in [6.07, 6.45) is 1.93. The second-order valence-corrected chi connectivity index (χ2v) is 4.64. The predicted molar refractivity (Wildman–Crippen MR) is 62.9 cm³/mol. The Kier molecular flexibility index (Phi) is 1.85. The number of thiophene rings is 1. The molecule has 0 fully saturated rings. The lowest BCUT2D eigenvalue weighted by atomic mass is 10.1. The van der Waals surface area contributed by atoms with Gasteiger partial charge in [-0.2, -0.15) is 15.7 Å². The first-order chi connectivity index (χ1) is 6.95. The normalized spacial score (nSPS) is 10.9. The smallest absolute Gasteiger partial charge is 0.0628 e. The van der Waals surface area contributed by atoms with Crippen LogP contribution in [-0.4, -0.2) is 4.37 Å². The Hall–Kier alpha value is -1.19. The summed E-state index contributed by atoms with van der Waals surface area (Å²) in [5.74, 6) is 0. The standard InChI is InChI=1S/C11H7NS2/c1-2-8-6-12-14-11(8)10(3-1)9-4-5-13-7-9/h1-7H. The summed E-state index contributed by atoms with van der Waals surface area (Å²) in [6.45, 7) is 0. The molecule has 0 spiro atoms. The van der Waals surface area contributed by atoms with Crippen LogP contribution in [0.2, 0.25) is 0 Å². The minimum absolute atomic E-state index is 1.23. The quantitative estimate of drug-likeness (QED) is 0.600. The molecule has 3 heteroatoms. The van der Waals surface area contributed by atoms with Gasteiger partial charge in [0, 0.05) is 17.1 Å². The van der Waals surface area contributed by atoms with Crippen LogP contribution in [0.3, 0.4) is 0 Å². The van der Waals surface area contributed by atoms with Crippen molar-refractivity contribution in [3.05, 3.63) is 41.2 Å². The van der Waals surface area contributed by atoms with Gasteiger partial charge in [-0.25, -0.2) is 0 Å². The molecule has 68 valence electrons. The summed E-state index contributed by atoms with van der Waals surface area (Å²) in [4.78, 5) is 0. The molecule has 3 rings (SSSR count). The van der Waals surface area contributed by atoms with Gasteiger partial charge >= 0.3 is 0 Å². The van der Waals surface area contributed by atoms with E-state index in [-0.39, 0.29) is 0 Å². The molecule has 0 bridgehead atoms. The summed E-state index contributed by atoms with van der Waals surface area (Å²) < 4.78 is 5.50. The molecular weight excluding hydrogens is 210 g/mol. The molecule has 1 aromatic carbocycles. The van der Waals surface area contributed by atoms with Crippen molar-refractivity contribution in [2.24, 2.45) is 0 Å². The van der Waals surface area contributed by atoms with E-state index >= 15 is 0 Å². The van der Waals surface area contributed by atoms with Gasteiger partial charge in [0.15, 0.2) is 0 Å². The minimum Gasteiger partial charge on any atom is -0.200 e. The van der Waals surface area contributed by atoms with E-state index in [2.05, 4.69) is 39.4 Å². The molecule has 0 atom stereocenters. The van der Waals surface area contributed by atoms with Crippen molar-refractivity contribution < 1.29 is 0 Å². The Morgan fingerprint density at radius 3 is 3.00 bits per heavy atom. The fourth-order valence-corrected chi connectivity index (χ4v) is 2.98. The van der Waals surface area contributed by atoms with Crippen LogP contribution < -0.4 is 0 Å². The zero-order valence-electron chi connectivity index (χ0n) is 7.31. The van der Waals surface area contributed by atoms with Gasteiger partial charge in [0.2, 0.25) is 0 Å². The maximum atomic E-state index is 4.22. The number of hydrogen-bond acceptors (Lipinski definition) is 3. The fourth-order valence-electron chi connectivity index (χ4n) is 1.54. The van der Waals surface area contributed by atoms with Gasteiger partial charge in [0.25, 0.3) is 0 Å². The second-order valence-electron chi connectivity index (χ2n) is 3.06. The molecule has 0 aliphatic heterocycles. The van der Waals surface area contributed by atoms with Crippen molar-refractivity contribution in [1.29, 1.82) is 0 Å². The molecule has 3 aromatic rings. The van der Waals surface area contributed by atoms with E-state index in [4.69, 9.17) is 0 Å². The van der Waals surface area contributed by atoms with Gasteiger partial charge in [-0.15, -0.1) is 0 Å². The Bertz CT molecular complexity index is 551. The van der Waals surface area contributed by atoms with Crippen molar-refractivity contribution >= 4 is 33.0 Å². The van der Waals surface area contributed by atoms with Crippen molar-refractivity contribution in [1.82, 2.24) is 4.37 Å². The molecule has 0 amide bonds. The van der Waals surface area contributed by atoms with Crippen LogP contribution >= 0.6 is 22.9 Å². The molecule has 0 saturated heterocycles. The number of aromatic nitrogens is 1. The Morgan fingerprint density at radius 1 is 1.14 bits per heavy atom. The number of rotatable bonds is 1. The highest BCUT2D eigenvalue weighted by molar-refractivity contribution is 7.14. The van der Waals surface area contributed by atoms with Crippen LogP contribution in [0.4, 0.5) is 0 Å².